The van der Waals surface area contributed by atoms with E-state index in [1.54, 1.807) is 6.07 Å². The third-order valence-electron chi connectivity index (χ3n) is 2.56. The van der Waals surface area contributed by atoms with Crippen LogP contribution in [0.2, 0.25) is 0 Å². The van der Waals surface area contributed by atoms with Crippen molar-refractivity contribution in [3.8, 4) is 5.75 Å². The minimum Gasteiger partial charge on any atom is -0.471 e. The van der Waals surface area contributed by atoms with Crippen molar-refractivity contribution in [1.29, 1.82) is 0 Å². The van der Waals surface area contributed by atoms with E-state index in [1.807, 2.05) is 20.8 Å². The first-order chi connectivity index (χ1) is 8.16. The Hall–Kier alpha value is 0.471. The van der Waals surface area contributed by atoms with Gasteiger partial charge in [-0.25, -0.2) is 0 Å². The molecule has 0 bridgehead atoms. The molecule has 102 valence electrons. The molecule has 1 rings (SSSR count). The molecule has 19 heavy (non-hydrogen) atoms. The van der Waals surface area contributed by atoms with Crippen LogP contribution in [0.4, 0.5) is 12.9 Å². The second-order valence-corrected chi connectivity index (χ2v) is 5.13. The molecular weight excluding hydrogens is 283 g/mol. The van der Waals surface area contributed by atoms with Gasteiger partial charge in [0.25, 0.3) is 0 Å². The number of methoxy groups -OCH3 is 1. The average molecular weight is 300 g/mol. The summed E-state index contributed by atoms with van der Waals surface area (Å²) < 4.78 is 48.5. The molecule has 0 fully saturated rings. The number of ether oxygens (including phenoxy) is 2. The van der Waals surface area contributed by atoms with E-state index in [0.29, 0.717) is 5.56 Å². The molecule has 0 aliphatic carbocycles. The maximum Gasteiger partial charge on any atom is 1.00 e. The summed E-state index contributed by atoms with van der Waals surface area (Å²) in [6.45, 7) is 0.293. The fourth-order valence-corrected chi connectivity index (χ4v) is 1.52. The second kappa shape index (κ2) is 7.47. The van der Waals surface area contributed by atoms with Crippen LogP contribution in [0.25, 0.3) is 0 Å². The van der Waals surface area contributed by atoms with Gasteiger partial charge in [-0.2, -0.15) is 0 Å². The molecule has 0 saturated carbocycles. The van der Waals surface area contributed by atoms with Gasteiger partial charge in [-0.15, -0.1) is 0 Å². The summed E-state index contributed by atoms with van der Waals surface area (Å²) >= 11 is 0. The molecule has 0 aliphatic rings. The van der Waals surface area contributed by atoms with E-state index in [2.05, 4.69) is 4.74 Å². The summed E-state index contributed by atoms with van der Waals surface area (Å²) in [7, 11) is 1.36. The number of hydrogen-bond donors (Lipinski definition) is 0. The monoisotopic (exact) mass is 300 g/mol. The van der Waals surface area contributed by atoms with Crippen molar-refractivity contribution < 1.29 is 73.8 Å². The topological polar surface area (TPSA) is 18.5 Å². The van der Waals surface area contributed by atoms with Crippen molar-refractivity contribution in [2.75, 3.05) is 13.9 Å². The Balaban J connectivity index is 0.00000324. The van der Waals surface area contributed by atoms with Gasteiger partial charge < -0.3 is 22.4 Å². The summed E-state index contributed by atoms with van der Waals surface area (Å²) in [4.78, 5) is 0. The van der Waals surface area contributed by atoms with Crippen molar-refractivity contribution >= 4 is 12.4 Å². The van der Waals surface area contributed by atoms with Crippen molar-refractivity contribution in [3.05, 3.63) is 23.8 Å². The Morgan fingerprint density at radius 1 is 1.16 bits per heavy atom. The van der Waals surface area contributed by atoms with E-state index in [0.717, 1.165) is 6.07 Å². The minimum atomic E-state index is -5.11. The van der Waals surface area contributed by atoms with Crippen LogP contribution in [0.1, 0.15) is 26.3 Å². The summed E-state index contributed by atoms with van der Waals surface area (Å²) in [5.74, 6) is -0.183. The standard InChI is InChI=1S/C12H17BF3O2.K/c1-12(2,3)9-5-6-11(18-8-17-4)10(7-9)13(14,15)16;/h5-7H,8H2,1-4H3;/q-1;+1. The van der Waals surface area contributed by atoms with Crippen LogP contribution in [-0.2, 0) is 10.2 Å². The van der Waals surface area contributed by atoms with E-state index < -0.39 is 12.4 Å². The van der Waals surface area contributed by atoms with Gasteiger partial charge in [0.05, 0.1) is 5.75 Å². The van der Waals surface area contributed by atoms with Crippen LogP contribution in [-0.4, -0.2) is 20.9 Å². The molecule has 1 aromatic rings. The maximum atomic E-state index is 13.0. The van der Waals surface area contributed by atoms with E-state index in [-0.39, 0.29) is 69.3 Å². The van der Waals surface area contributed by atoms with E-state index >= 15 is 0 Å². The molecule has 0 atom stereocenters. The zero-order chi connectivity index (χ0) is 14.0. The Morgan fingerprint density at radius 2 is 1.74 bits per heavy atom. The van der Waals surface area contributed by atoms with Gasteiger partial charge in [-0.3, -0.25) is 0 Å². The van der Waals surface area contributed by atoms with Gasteiger partial charge in [0.15, 0.2) is 6.79 Å². The van der Waals surface area contributed by atoms with E-state index in [9.17, 15) is 12.9 Å². The largest absolute Gasteiger partial charge is 1.00 e. The van der Waals surface area contributed by atoms with Crippen LogP contribution in [0.5, 0.6) is 5.75 Å². The van der Waals surface area contributed by atoms with Gasteiger partial charge in [0, 0.05) is 7.11 Å². The van der Waals surface area contributed by atoms with E-state index in [1.165, 1.54) is 13.2 Å². The van der Waals surface area contributed by atoms with Crippen molar-refractivity contribution in [2.24, 2.45) is 0 Å². The molecule has 7 heteroatoms. The van der Waals surface area contributed by atoms with Crippen LogP contribution >= 0.6 is 0 Å². The number of hydrogen-bond acceptors (Lipinski definition) is 2. The van der Waals surface area contributed by atoms with Crippen molar-refractivity contribution in [2.45, 2.75) is 26.2 Å². The third-order valence-corrected chi connectivity index (χ3v) is 2.56. The maximum absolute atomic E-state index is 13.0. The van der Waals surface area contributed by atoms with Gasteiger partial charge in [0.2, 0.25) is 0 Å². The third kappa shape index (κ3) is 5.77. The molecule has 0 unspecified atom stereocenters. The fraction of sp³-hybridized carbons (Fsp3) is 0.500. The summed E-state index contributed by atoms with van der Waals surface area (Å²) in [5.41, 5.74) is -0.420. The van der Waals surface area contributed by atoms with Gasteiger partial charge in [-0.05, 0) is 17.0 Å². The summed E-state index contributed by atoms with van der Waals surface area (Å²) in [6, 6.07) is 4.16. The SMILES string of the molecule is COCOc1ccc(C(C)(C)C)cc1[B-](F)(F)F.[K+]. The first kappa shape index (κ1) is 19.5. The molecule has 2 nitrogen and oxygen atoms in total. The number of rotatable bonds is 4. The minimum absolute atomic E-state index is 0. The predicted octanol–water partition coefficient (Wildman–Crippen LogP) is 0.0252. The molecule has 0 spiro atoms. The Kier molecular flexibility index (Phi) is 7.66. The molecule has 1 aromatic carbocycles. The average Bonchev–Trinajstić information content (AvgIpc) is 2.23. The predicted molar refractivity (Wildman–Crippen MR) is 66.4 cm³/mol. The van der Waals surface area contributed by atoms with Crippen molar-refractivity contribution in [1.82, 2.24) is 0 Å². The molecule has 0 aromatic heterocycles. The van der Waals surface area contributed by atoms with Crippen LogP contribution in [0, 0.1) is 0 Å². The second-order valence-electron chi connectivity index (χ2n) is 5.13. The Bertz CT molecular complexity index is 416. The van der Waals surface area contributed by atoms with E-state index in [4.69, 9.17) is 4.74 Å². The summed E-state index contributed by atoms with van der Waals surface area (Å²) in [5, 5.41) is 0. The molecule has 0 amide bonds. The smallest absolute Gasteiger partial charge is 0.471 e. The first-order valence-corrected chi connectivity index (χ1v) is 5.62. The summed E-state index contributed by atoms with van der Waals surface area (Å²) in [6.07, 6.45) is 0. The molecule has 0 N–H and O–H groups in total. The zero-order valence-corrected chi connectivity index (χ0v) is 15.1. The normalized spacial score (nSPS) is 11.9. The first-order valence-electron chi connectivity index (χ1n) is 5.62. The zero-order valence-electron chi connectivity index (χ0n) is 12.0. The molecule has 0 radical (unpaired) electrons. The molecule has 0 aliphatic heterocycles. The quantitative estimate of drug-likeness (QED) is 0.577. The van der Waals surface area contributed by atoms with Crippen LogP contribution < -0.4 is 61.6 Å². The van der Waals surface area contributed by atoms with Gasteiger partial charge >= 0.3 is 58.4 Å². The van der Waals surface area contributed by atoms with Crippen molar-refractivity contribution in [3.63, 3.8) is 0 Å². The number of benzene rings is 1. The van der Waals surface area contributed by atoms with Gasteiger partial charge in [0.1, 0.15) is 0 Å². The molecular formula is C12H17BF3KO2. The Morgan fingerprint density at radius 3 is 2.16 bits per heavy atom. The molecule has 0 saturated heterocycles. The number of halogens is 3. The van der Waals surface area contributed by atoms with Gasteiger partial charge in [-0.1, -0.05) is 38.4 Å². The van der Waals surface area contributed by atoms with Crippen LogP contribution in [0.15, 0.2) is 18.2 Å². The van der Waals surface area contributed by atoms with Crippen LogP contribution in [0.3, 0.4) is 0 Å². The molecule has 0 heterocycles. The fourth-order valence-electron chi connectivity index (χ4n) is 1.52. The Labute approximate surface area is 154 Å².